The molecule has 1 aliphatic heterocycles. The van der Waals surface area contributed by atoms with Crippen LogP contribution in [0.5, 0.6) is 0 Å². The summed E-state index contributed by atoms with van der Waals surface area (Å²) in [5.74, 6) is 1.03. The Balaban J connectivity index is 2.06. The predicted octanol–water partition coefficient (Wildman–Crippen LogP) is 2.34. The molecule has 0 amide bonds. The fraction of sp³-hybridized carbons (Fsp3) is 0.538. The van der Waals surface area contributed by atoms with Crippen molar-refractivity contribution in [1.82, 2.24) is 4.98 Å². The van der Waals surface area contributed by atoms with Gasteiger partial charge >= 0.3 is 0 Å². The summed E-state index contributed by atoms with van der Waals surface area (Å²) in [4.78, 5) is 7.16. The fourth-order valence-corrected chi connectivity index (χ4v) is 2.18. The zero-order valence-electron chi connectivity index (χ0n) is 10.4. The first kappa shape index (κ1) is 12.3. The van der Waals surface area contributed by atoms with Crippen LogP contribution in [-0.4, -0.2) is 23.1 Å². The summed E-state index contributed by atoms with van der Waals surface area (Å²) >= 11 is 4.92. The lowest BCUT2D eigenvalue weighted by Crippen LogP contribution is -2.37. The van der Waals surface area contributed by atoms with Crippen LogP contribution in [0.4, 0.5) is 5.82 Å². The Labute approximate surface area is 108 Å². The molecule has 0 unspecified atom stereocenters. The molecule has 1 aliphatic rings. The zero-order chi connectivity index (χ0) is 12.5. The highest BCUT2D eigenvalue weighted by Gasteiger charge is 2.25. The summed E-state index contributed by atoms with van der Waals surface area (Å²) in [6.07, 6.45) is 4.19. The number of aromatic nitrogens is 1. The smallest absolute Gasteiger partial charge is 0.128 e. The summed E-state index contributed by atoms with van der Waals surface area (Å²) in [6, 6.07) is 3.96. The van der Waals surface area contributed by atoms with Crippen molar-refractivity contribution >= 4 is 23.0 Å². The van der Waals surface area contributed by atoms with Crippen molar-refractivity contribution < 1.29 is 0 Å². The van der Waals surface area contributed by atoms with Crippen LogP contribution in [0.3, 0.4) is 0 Å². The van der Waals surface area contributed by atoms with Crippen LogP contribution in [-0.2, 0) is 0 Å². The number of pyridine rings is 1. The topological polar surface area (TPSA) is 42.1 Å². The van der Waals surface area contributed by atoms with Gasteiger partial charge < -0.3 is 10.6 Å². The van der Waals surface area contributed by atoms with Gasteiger partial charge in [-0.15, -0.1) is 0 Å². The third kappa shape index (κ3) is 2.94. The third-order valence-electron chi connectivity index (χ3n) is 3.47. The van der Waals surface area contributed by atoms with Crippen LogP contribution in [0.2, 0.25) is 0 Å². The van der Waals surface area contributed by atoms with Crippen LogP contribution in [0.25, 0.3) is 0 Å². The SMILES string of the molecule is CC1(C)CCN(c2ccc(C(N)=S)cn2)CC1. The van der Waals surface area contributed by atoms with Crippen molar-refractivity contribution in [2.75, 3.05) is 18.0 Å². The molecule has 0 aromatic carbocycles. The summed E-state index contributed by atoms with van der Waals surface area (Å²) < 4.78 is 0. The molecule has 0 atom stereocenters. The second-order valence-electron chi connectivity index (χ2n) is 5.42. The largest absolute Gasteiger partial charge is 0.389 e. The van der Waals surface area contributed by atoms with Crippen molar-refractivity contribution in [1.29, 1.82) is 0 Å². The van der Waals surface area contributed by atoms with E-state index in [-0.39, 0.29) is 0 Å². The van der Waals surface area contributed by atoms with Gasteiger partial charge in [0.1, 0.15) is 10.8 Å². The minimum absolute atomic E-state index is 0.406. The first-order chi connectivity index (χ1) is 7.98. The molecule has 4 heteroatoms. The zero-order valence-corrected chi connectivity index (χ0v) is 11.3. The summed E-state index contributed by atoms with van der Waals surface area (Å²) in [5, 5.41) is 0. The monoisotopic (exact) mass is 249 g/mol. The van der Waals surface area contributed by atoms with E-state index < -0.39 is 0 Å². The number of thiocarbonyl (C=S) groups is 1. The molecule has 1 saturated heterocycles. The van der Waals surface area contributed by atoms with E-state index in [0.717, 1.165) is 24.5 Å². The number of nitrogens with zero attached hydrogens (tertiary/aromatic N) is 2. The molecule has 0 saturated carbocycles. The molecule has 17 heavy (non-hydrogen) atoms. The minimum atomic E-state index is 0.406. The molecule has 3 nitrogen and oxygen atoms in total. The highest BCUT2D eigenvalue weighted by Crippen LogP contribution is 2.31. The standard InChI is InChI=1S/C13H19N3S/c1-13(2)5-7-16(8-6-13)11-4-3-10(9-15-11)12(14)17/h3-4,9H,5-8H2,1-2H3,(H2,14,17). The van der Waals surface area contributed by atoms with Crippen LogP contribution < -0.4 is 10.6 Å². The van der Waals surface area contributed by atoms with Gasteiger partial charge in [-0.25, -0.2) is 4.98 Å². The van der Waals surface area contributed by atoms with Crippen LogP contribution in [0.15, 0.2) is 18.3 Å². The minimum Gasteiger partial charge on any atom is -0.389 e. The fourth-order valence-electron chi connectivity index (χ4n) is 2.06. The molecule has 1 fully saturated rings. The molecule has 0 bridgehead atoms. The molecule has 0 spiro atoms. The van der Waals surface area contributed by atoms with Gasteiger partial charge in [0.25, 0.3) is 0 Å². The maximum Gasteiger partial charge on any atom is 0.128 e. The molecule has 0 aliphatic carbocycles. The van der Waals surface area contributed by atoms with E-state index in [0.29, 0.717) is 10.4 Å². The van der Waals surface area contributed by atoms with E-state index >= 15 is 0 Å². The number of nitrogens with two attached hydrogens (primary N) is 1. The number of rotatable bonds is 2. The molecule has 92 valence electrons. The summed E-state index contributed by atoms with van der Waals surface area (Å²) in [5.41, 5.74) is 6.86. The van der Waals surface area contributed by atoms with Crippen LogP contribution in [0.1, 0.15) is 32.3 Å². The number of anilines is 1. The number of hydrogen-bond acceptors (Lipinski definition) is 3. The third-order valence-corrected chi connectivity index (χ3v) is 3.71. The highest BCUT2D eigenvalue weighted by molar-refractivity contribution is 7.80. The number of hydrogen-bond donors (Lipinski definition) is 1. The maximum atomic E-state index is 5.56. The van der Waals surface area contributed by atoms with Gasteiger partial charge in [0.2, 0.25) is 0 Å². The molecule has 2 rings (SSSR count). The molecule has 0 radical (unpaired) electrons. The predicted molar refractivity (Wildman–Crippen MR) is 75.4 cm³/mol. The Kier molecular flexibility index (Phi) is 3.33. The molecular formula is C13H19N3S. The van der Waals surface area contributed by atoms with E-state index in [1.807, 2.05) is 12.1 Å². The second kappa shape index (κ2) is 4.61. The molecular weight excluding hydrogens is 230 g/mol. The Hall–Kier alpha value is -1.16. The first-order valence-corrected chi connectivity index (χ1v) is 6.40. The molecule has 1 aromatic heterocycles. The first-order valence-electron chi connectivity index (χ1n) is 5.99. The van der Waals surface area contributed by atoms with Crippen LogP contribution in [0, 0.1) is 5.41 Å². The molecule has 1 aromatic rings. The Morgan fingerprint density at radius 2 is 2.00 bits per heavy atom. The van der Waals surface area contributed by atoms with Gasteiger partial charge in [0, 0.05) is 24.8 Å². The van der Waals surface area contributed by atoms with E-state index in [4.69, 9.17) is 18.0 Å². The van der Waals surface area contributed by atoms with Gasteiger partial charge in [-0.05, 0) is 30.4 Å². The number of piperidine rings is 1. The molecule has 2 heterocycles. The van der Waals surface area contributed by atoms with Crippen molar-refractivity contribution in [3.8, 4) is 0 Å². The molecule has 2 N–H and O–H groups in total. The Bertz CT molecular complexity index is 401. The Morgan fingerprint density at radius 3 is 2.47 bits per heavy atom. The highest BCUT2D eigenvalue weighted by atomic mass is 32.1. The van der Waals surface area contributed by atoms with Gasteiger partial charge in [-0.2, -0.15) is 0 Å². The van der Waals surface area contributed by atoms with Gasteiger partial charge in [0.15, 0.2) is 0 Å². The van der Waals surface area contributed by atoms with E-state index in [2.05, 4.69) is 23.7 Å². The normalized spacial score (nSPS) is 19.1. The van der Waals surface area contributed by atoms with Gasteiger partial charge in [0.05, 0.1) is 0 Å². The average Bonchev–Trinajstić information content (AvgIpc) is 2.29. The summed E-state index contributed by atoms with van der Waals surface area (Å²) in [7, 11) is 0. The van der Waals surface area contributed by atoms with E-state index in [1.54, 1.807) is 6.20 Å². The van der Waals surface area contributed by atoms with Crippen LogP contribution >= 0.6 is 12.2 Å². The maximum absolute atomic E-state index is 5.56. The van der Waals surface area contributed by atoms with E-state index in [9.17, 15) is 0 Å². The van der Waals surface area contributed by atoms with Crippen molar-refractivity contribution in [2.45, 2.75) is 26.7 Å². The summed E-state index contributed by atoms with van der Waals surface area (Å²) in [6.45, 7) is 6.81. The van der Waals surface area contributed by atoms with Crippen molar-refractivity contribution in [3.63, 3.8) is 0 Å². The quantitative estimate of drug-likeness (QED) is 0.817. The van der Waals surface area contributed by atoms with Crippen molar-refractivity contribution in [2.24, 2.45) is 11.1 Å². The van der Waals surface area contributed by atoms with Crippen molar-refractivity contribution in [3.05, 3.63) is 23.9 Å². The average molecular weight is 249 g/mol. The van der Waals surface area contributed by atoms with E-state index in [1.165, 1.54) is 12.8 Å². The van der Waals surface area contributed by atoms with Gasteiger partial charge in [-0.3, -0.25) is 0 Å². The Morgan fingerprint density at radius 1 is 1.35 bits per heavy atom. The van der Waals surface area contributed by atoms with Gasteiger partial charge in [-0.1, -0.05) is 26.1 Å². The lowest BCUT2D eigenvalue weighted by Gasteiger charge is -2.37. The lowest BCUT2D eigenvalue weighted by atomic mass is 9.83. The second-order valence-corrected chi connectivity index (χ2v) is 5.86. The lowest BCUT2D eigenvalue weighted by molar-refractivity contribution is 0.279.